The number of nitrogens with zero attached hydrogens (tertiary/aromatic N) is 1. The summed E-state index contributed by atoms with van der Waals surface area (Å²) in [5, 5.41) is 10.8. The summed E-state index contributed by atoms with van der Waals surface area (Å²) in [6.07, 6.45) is 0. The van der Waals surface area contributed by atoms with E-state index in [1.165, 1.54) is 18.2 Å². The number of carbonyl (C=O) groups is 1. The number of anilines is 1. The number of aliphatic carboxylic acids is 1. The van der Waals surface area contributed by atoms with E-state index in [4.69, 9.17) is 10.6 Å². The Labute approximate surface area is 170 Å². The van der Waals surface area contributed by atoms with Crippen molar-refractivity contribution in [2.45, 2.75) is 8.82 Å². The largest absolute Gasteiger partial charge is 0.497 e. The van der Waals surface area contributed by atoms with Crippen LogP contribution >= 0.6 is 22.6 Å². The summed E-state index contributed by atoms with van der Waals surface area (Å²) < 4.78 is 29.6. The van der Waals surface area contributed by atoms with E-state index in [0.717, 1.165) is 0 Å². The number of hydrazine groups is 1. The fourth-order valence-electron chi connectivity index (χ4n) is 2.97. The molecule has 3 rings (SSSR count). The van der Waals surface area contributed by atoms with Crippen molar-refractivity contribution in [3.8, 4) is 5.75 Å². The lowest BCUT2D eigenvalue weighted by Gasteiger charge is -2.31. The Hall–Kier alpha value is -2.11. The second-order valence-electron chi connectivity index (χ2n) is 5.90. The highest BCUT2D eigenvalue weighted by Gasteiger charge is 2.37. The zero-order valence-electron chi connectivity index (χ0n) is 14.3. The van der Waals surface area contributed by atoms with Crippen molar-refractivity contribution in [1.29, 1.82) is 0 Å². The summed E-state index contributed by atoms with van der Waals surface area (Å²) in [6, 6.07) is 13.4. The number of rotatable bonds is 5. The van der Waals surface area contributed by atoms with Crippen molar-refractivity contribution in [1.82, 2.24) is 0 Å². The minimum atomic E-state index is -3.66. The summed E-state index contributed by atoms with van der Waals surface area (Å²) in [6.45, 7) is 0. The highest BCUT2D eigenvalue weighted by atomic mass is 127. The van der Waals surface area contributed by atoms with Crippen LogP contribution in [0.3, 0.4) is 0 Å². The van der Waals surface area contributed by atoms with Crippen molar-refractivity contribution in [2.24, 2.45) is 5.84 Å². The lowest BCUT2D eigenvalue weighted by Crippen LogP contribution is -2.37. The number of carboxylic acids is 1. The minimum absolute atomic E-state index is 0.135. The topological polar surface area (TPSA) is 110 Å². The number of carboxylic acid groups (broad SMARTS) is 1. The summed E-state index contributed by atoms with van der Waals surface area (Å²) in [5.41, 5.74) is 1.53. The van der Waals surface area contributed by atoms with Gasteiger partial charge in [-0.1, -0.05) is 46.9 Å². The zero-order chi connectivity index (χ0) is 19.8. The van der Waals surface area contributed by atoms with Gasteiger partial charge in [0, 0.05) is 11.6 Å². The van der Waals surface area contributed by atoms with Crippen LogP contribution in [-0.2, 0) is 14.6 Å². The van der Waals surface area contributed by atoms with Crippen LogP contribution in [0.25, 0.3) is 5.70 Å². The van der Waals surface area contributed by atoms with Crippen LogP contribution in [0.15, 0.2) is 59.0 Å². The average Bonchev–Trinajstić information content (AvgIpc) is 2.66. The molecule has 0 radical (unpaired) electrons. The maximum atomic E-state index is 12.7. The fourth-order valence-corrected chi connectivity index (χ4v) is 5.44. The van der Waals surface area contributed by atoms with E-state index in [1.54, 1.807) is 65.1 Å². The number of nitrogens with two attached hydrogens (primary N) is 1. The smallest absolute Gasteiger partial charge is 0.320 e. The van der Waals surface area contributed by atoms with Gasteiger partial charge in [-0.05, 0) is 23.8 Å². The Balaban J connectivity index is 2.27. The zero-order valence-corrected chi connectivity index (χ0v) is 17.3. The number of sulfone groups is 1. The number of methoxy groups -OCH3 is 1. The molecule has 1 atom stereocenters. The van der Waals surface area contributed by atoms with E-state index in [9.17, 15) is 18.3 Å². The van der Waals surface area contributed by atoms with Gasteiger partial charge in [-0.3, -0.25) is 9.80 Å². The van der Waals surface area contributed by atoms with E-state index in [1.807, 2.05) is 0 Å². The second kappa shape index (κ2) is 7.49. The molecule has 1 aliphatic heterocycles. The summed E-state index contributed by atoms with van der Waals surface area (Å²) in [5.74, 6) is 5.40. The van der Waals surface area contributed by atoms with Gasteiger partial charge in [0.05, 0.1) is 29.1 Å². The molecule has 0 amide bonds. The molecule has 2 aromatic rings. The Kier molecular flexibility index (Phi) is 5.45. The van der Waals surface area contributed by atoms with Gasteiger partial charge in [-0.15, -0.1) is 0 Å². The van der Waals surface area contributed by atoms with Crippen molar-refractivity contribution in [2.75, 3.05) is 17.9 Å². The Morgan fingerprint density at radius 1 is 1.26 bits per heavy atom. The molecule has 0 bridgehead atoms. The molecule has 1 unspecified atom stereocenters. The van der Waals surface area contributed by atoms with E-state index >= 15 is 0 Å². The molecule has 1 heterocycles. The summed E-state index contributed by atoms with van der Waals surface area (Å²) >= 11 is 1.72. The molecule has 2 aromatic carbocycles. The standard InChI is InChI=1S/C18H17IN2O5S/c1-26-12-6-4-5-11(9-12)21(20)17-13-7-2-3-8-15(13)27(24,25)10-14(17)16(19)18(22)23/h2-9,16H,10,20H2,1H3,(H,22,23). The van der Waals surface area contributed by atoms with Gasteiger partial charge in [-0.2, -0.15) is 0 Å². The first-order valence-corrected chi connectivity index (χ1v) is 10.8. The minimum Gasteiger partial charge on any atom is -0.497 e. The van der Waals surface area contributed by atoms with Crippen LogP contribution in [0.1, 0.15) is 5.56 Å². The maximum Gasteiger partial charge on any atom is 0.320 e. The van der Waals surface area contributed by atoms with Crippen LogP contribution in [0.5, 0.6) is 5.75 Å². The van der Waals surface area contributed by atoms with Gasteiger partial charge in [-0.25, -0.2) is 14.3 Å². The first-order chi connectivity index (χ1) is 12.8. The SMILES string of the molecule is COc1cccc(N(N)C2=C(C(I)C(=O)O)CS(=O)(=O)c3ccccc32)c1. The van der Waals surface area contributed by atoms with E-state index in [0.29, 0.717) is 22.7 Å². The molecule has 0 fully saturated rings. The molecule has 0 saturated heterocycles. The van der Waals surface area contributed by atoms with Gasteiger partial charge < -0.3 is 9.84 Å². The predicted molar refractivity (Wildman–Crippen MR) is 111 cm³/mol. The third kappa shape index (κ3) is 3.66. The van der Waals surface area contributed by atoms with Gasteiger partial charge in [0.15, 0.2) is 9.84 Å². The van der Waals surface area contributed by atoms with Crippen molar-refractivity contribution in [3.05, 3.63) is 59.7 Å². The maximum absolute atomic E-state index is 12.7. The number of halogens is 1. The van der Waals surface area contributed by atoms with E-state index < -0.39 is 25.5 Å². The van der Waals surface area contributed by atoms with Crippen LogP contribution in [0.4, 0.5) is 5.69 Å². The molecule has 3 N–H and O–H groups in total. The monoisotopic (exact) mass is 500 g/mol. The first kappa shape index (κ1) is 19.6. The van der Waals surface area contributed by atoms with Crippen LogP contribution in [0, 0.1) is 0 Å². The molecule has 27 heavy (non-hydrogen) atoms. The van der Waals surface area contributed by atoms with Gasteiger partial charge in [0.2, 0.25) is 0 Å². The number of hydrogen-bond donors (Lipinski definition) is 2. The average molecular weight is 500 g/mol. The normalized spacial score (nSPS) is 16.4. The highest BCUT2D eigenvalue weighted by molar-refractivity contribution is 14.1. The third-order valence-corrected chi connectivity index (χ3v) is 7.22. The van der Waals surface area contributed by atoms with Gasteiger partial charge in [0.25, 0.3) is 0 Å². The molecule has 0 saturated carbocycles. The highest BCUT2D eigenvalue weighted by Crippen LogP contribution is 2.39. The van der Waals surface area contributed by atoms with E-state index in [-0.39, 0.29) is 10.5 Å². The molecule has 142 valence electrons. The van der Waals surface area contributed by atoms with Crippen LogP contribution in [-0.4, -0.2) is 36.3 Å². The van der Waals surface area contributed by atoms with Gasteiger partial charge in [0.1, 0.15) is 9.67 Å². The lowest BCUT2D eigenvalue weighted by molar-refractivity contribution is -0.135. The Morgan fingerprint density at radius 3 is 2.63 bits per heavy atom. The van der Waals surface area contributed by atoms with Crippen molar-refractivity contribution >= 4 is 49.8 Å². The number of alkyl halides is 1. The number of fused-ring (bicyclic) bond motifs is 1. The Bertz CT molecular complexity index is 1040. The van der Waals surface area contributed by atoms with Gasteiger partial charge >= 0.3 is 5.97 Å². The van der Waals surface area contributed by atoms with Crippen molar-refractivity contribution in [3.63, 3.8) is 0 Å². The molecule has 0 aliphatic carbocycles. The second-order valence-corrected chi connectivity index (χ2v) is 9.10. The Morgan fingerprint density at radius 2 is 1.96 bits per heavy atom. The molecule has 9 heteroatoms. The molecular weight excluding hydrogens is 483 g/mol. The summed E-state index contributed by atoms with van der Waals surface area (Å²) in [7, 11) is -2.14. The molecule has 7 nitrogen and oxygen atoms in total. The molecule has 0 aromatic heterocycles. The quantitative estimate of drug-likeness (QED) is 0.281. The lowest BCUT2D eigenvalue weighted by atomic mass is 10.0. The number of benzene rings is 2. The summed E-state index contributed by atoms with van der Waals surface area (Å²) in [4.78, 5) is 11.7. The first-order valence-electron chi connectivity index (χ1n) is 7.87. The number of ether oxygens (including phenoxy) is 1. The molecular formula is C18H17IN2O5S. The molecule has 0 spiro atoms. The van der Waals surface area contributed by atoms with Crippen LogP contribution in [0.2, 0.25) is 0 Å². The predicted octanol–water partition coefficient (Wildman–Crippen LogP) is 2.46. The molecule has 1 aliphatic rings. The van der Waals surface area contributed by atoms with Crippen molar-refractivity contribution < 1.29 is 23.1 Å². The van der Waals surface area contributed by atoms with E-state index in [2.05, 4.69) is 0 Å². The van der Waals surface area contributed by atoms with Crippen LogP contribution < -0.4 is 15.6 Å². The third-order valence-electron chi connectivity index (χ3n) is 4.22. The fraction of sp³-hybridized carbons (Fsp3) is 0.167. The number of hydrogen-bond acceptors (Lipinski definition) is 6.